The van der Waals surface area contributed by atoms with Gasteiger partial charge < -0.3 is 4.90 Å². The van der Waals surface area contributed by atoms with Gasteiger partial charge in [-0.05, 0) is 61.9 Å². The number of thioether (sulfide) groups is 1. The zero-order chi connectivity index (χ0) is 18.5. The van der Waals surface area contributed by atoms with Crippen LogP contribution in [0.4, 0.5) is 5.69 Å². The molecule has 3 rings (SSSR count). The van der Waals surface area contributed by atoms with Crippen molar-refractivity contribution in [3.8, 4) is 0 Å². The van der Waals surface area contributed by atoms with Crippen LogP contribution in [0, 0.1) is 0 Å². The lowest BCUT2D eigenvalue weighted by atomic mass is 9.88. The molecule has 2 heterocycles. The summed E-state index contributed by atoms with van der Waals surface area (Å²) in [5, 5.41) is 1.34. The zero-order valence-electron chi connectivity index (χ0n) is 15.3. The fourth-order valence-corrected chi connectivity index (χ4v) is 4.32. The summed E-state index contributed by atoms with van der Waals surface area (Å²) in [6.07, 6.45) is 4.11. The Morgan fingerprint density at radius 2 is 1.96 bits per heavy atom. The number of rotatable bonds is 1. The van der Waals surface area contributed by atoms with E-state index >= 15 is 0 Å². The quantitative estimate of drug-likeness (QED) is 0.678. The van der Waals surface area contributed by atoms with Crippen LogP contribution < -0.4 is 4.90 Å². The van der Waals surface area contributed by atoms with E-state index in [2.05, 4.69) is 49.9 Å². The minimum atomic E-state index is -0.0626. The van der Waals surface area contributed by atoms with Gasteiger partial charge in [-0.3, -0.25) is 14.7 Å². The van der Waals surface area contributed by atoms with Gasteiger partial charge in [0.1, 0.15) is 0 Å². The van der Waals surface area contributed by atoms with Gasteiger partial charge in [0, 0.05) is 37.4 Å². The van der Waals surface area contributed by atoms with Crippen LogP contribution in [0.1, 0.15) is 31.9 Å². The molecule has 6 heteroatoms. The molecular weight excluding hydrogens is 354 g/mol. The van der Waals surface area contributed by atoms with Crippen LogP contribution in [-0.2, 0) is 4.79 Å². The normalized spacial score (nSPS) is 22.7. The number of carbonyl (C=O) groups is 1. The second-order valence-corrected chi connectivity index (χ2v) is 8.33. The molecule has 4 nitrogen and oxygen atoms in total. The molecular formula is C19H22ClN3OS. The van der Waals surface area contributed by atoms with Crippen molar-refractivity contribution in [3.63, 3.8) is 0 Å². The first kappa shape index (κ1) is 18.1. The molecule has 25 heavy (non-hydrogen) atoms. The van der Waals surface area contributed by atoms with Gasteiger partial charge in [0.15, 0.2) is 5.17 Å². The smallest absolute Gasteiger partial charge is 0.266 e. The Labute approximate surface area is 158 Å². The Hall–Kier alpha value is -1.72. The summed E-state index contributed by atoms with van der Waals surface area (Å²) in [5.41, 5.74) is 4.25. The number of hydrogen-bond donors (Lipinski definition) is 0. The van der Waals surface area contributed by atoms with Gasteiger partial charge in [-0.15, -0.1) is 0 Å². The number of halogens is 1. The van der Waals surface area contributed by atoms with Gasteiger partial charge >= 0.3 is 0 Å². The molecule has 1 amide bonds. The molecule has 0 saturated carbocycles. The van der Waals surface area contributed by atoms with Crippen molar-refractivity contribution < 1.29 is 4.79 Å². The average molecular weight is 376 g/mol. The standard InChI is InChI=1S/C19H22ClN3OS/c1-11-10-19(2,3)23(6)15-9-14(20)12(7-13(11)15)8-16-17(24)22(5)18(21-4)25-16/h7-10H,1-6H3/b16-8+,21-18?. The van der Waals surface area contributed by atoms with Crippen LogP contribution in [-0.4, -0.2) is 42.7 Å². The highest BCUT2D eigenvalue weighted by atomic mass is 35.5. The molecule has 0 atom stereocenters. The molecule has 0 unspecified atom stereocenters. The maximum atomic E-state index is 12.4. The molecule has 2 aliphatic rings. The summed E-state index contributed by atoms with van der Waals surface area (Å²) in [7, 11) is 5.50. The Morgan fingerprint density at radius 1 is 1.28 bits per heavy atom. The fraction of sp³-hybridized carbons (Fsp3) is 0.368. The number of benzene rings is 1. The summed E-state index contributed by atoms with van der Waals surface area (Å²) in [4.78, 5) is 20.9. The summed E-state index contributed by atoms with van der Waals surface area (Å²) in [5.74, 6) is -0.0510. The van der Waals surface area contributed by atoms with Crippen molar-refractivity contribution in [1.29, 1.82) is 0 Å². The molecule has 0 N–H and O–H groups in total. The maximum Gasteiger partial charge on any atom is 0.266 e. The third-order valence-corrected chi connectivity index (χ3v) is 6.30. The van der Waals surface area contributed by atoms with Crippen LogP contribution in [0.25, 0.3) is 11.6 Å². The van der Waals surface area contributed by atoms with Crippen molar-refractivity contribution in [3.05, 3.63) is 39.3 Å². The van der Waals surface area contributed by atoms with Gasteiger partial charge in [0.25, 0.3) is 5.91 Å². The lowest BCUT2D eigenvalue weighted by Crippen LogP contribution is -2.42. The predicted molar refractivity (Wildman–Crippen MR) is 109 cm³/mol. The van der Waals surface area contributed by atoms with Crippen molar-refractivity contribution in [1.82, 2.24) is 4.90 Å². The Bertz CT molecular complexity index is 854. The minimum absolute atomic E-state index is 0.0510. The molecule has 0 aromatic heterocycles. The lowest BCUT2D eigenvalue weighted by Gasteiger charge is -2.40. The Kier molecular flexibility index (Phi) is 4.50. The van der Waals surface area contributed by atoms with Gasteiger partial charge in [-0.2, -0.15) is 0 Å². The highest BCUT2D eigenvalue weighted by Crippen LogP contribution is 2.41. The number of likely N-dealkylation sites (N-methyl/N-ethyl adjacent to an activating group) is 2. The first-order chi connectivity index (χ1) is 11.7. The zero-order valence-corrected chi connectivity index (χ0v) is 16.9. The number of hydrogen-bond acceptors (Lipinski definition) is 4. The summed E-state index contributed by atoms with van der Waals surface area (Å²) >= 11 is 7.92. The van der Waals surface area contributed by atoms with Gasteiger partial charge in [0.05, 0.1) is 10.4 Å². The van der Waals surface area contributed by atoms with Crippen molar-refractivity contribution in [2.75, 3.05) is 26.0 Å². The molecule has 0 bridgehead atoms. The van der Waals surface area contributed by atoms with Crippen molar-refractivity contribution >= 4 is 51.8 Å². The summed E-state index contributed by atoms with van der Waals surface area (Å²) in [6.45, 7) is 6.47. The summed E-state index contributed by atoms with van der Waals surface area (Å²) in [6, 6.07) is 4.06. The fourth-order valence-electron chi connectivity index (χ4n) is 3.19. The first-order valence-corrected chi connectivity index (χ1v) is 9.26. The van der Waals surface area contributed by atoms with Crippen LogP contribution in [0.3, 0.4) is 0 Å². The summed E-state index contributed by atoms with van der Waals surface area (Å²) < 4.78 is 0. The van der Waals surface area contributed by atoms with Gasteiger partial charge in [-0.25, -0.2) is 0 Å². The predicted octanol–water partition coefficient (Wildman–Crippen LogP) is 4.50. The molecule has 0 aliphatic carbocycles. The van der Waals surface area contributed by atoms with Crippen molar-refractivity contribution in [2.24, 2.45) is 4.99 Å². The van der Waals surface area contributed by atoms with E-state index in [-0.39, 0.29) is 11.4 Å². The van der Waals surface area contributed by atoms with E-state index in [1.54, 1.807) is 19.0 Å². The molecule has 1 saturated heterocycles. The van der Waals surface area contributed by atoms with Crippen LogP contribution in [0.5, 0.6) is 0 Å². The number of aliphatic imine (C=N–C) groups is 1. The Morgan fingerprint density at radius 3 is 2.56 bits per heavy atom. The van der Waals surface area contributed by atoms with E-state index in [1.807, 2.05) is 12.1 Å². The average Bonchev–Trinajstić information content (AvgIpc) is 2.81. The maximum absolute atomic E-state index is 12.4. The van der Waals surface area contributed by atoms with Crippen LogP contribution in [0.2, 0.25) is 5.02 Å². The monoisotopic (exact) mass is 375 g/mol. The molecule has 1 aromatic carbocycles. The van der Waals surface area contributed by atoms with E-state index < -0.39 is 0 Å². The molecule has 2 aliphatic heterocycles. The van der Waals surface area contributed by atoms with E-state index in [0.29, 0.717) is 15.1 Å². The van der Waals surface area contributed by atoms with Crippen LogP contribution >= 0.6 is 23.4 Å². The number of nitrogens with zero attached hydrogens (tertiary/aromatic N) is 3. The third-order valence-electron chi connectivity index (χ3n) is 4.82. The second kappa shape index (κ2) is 6.22. The number of carbonyl (C=O) groups excluding carboxylic acids is 1. The second-order valence-electron chi connectivity index (χ2n) is 6.91. The van der Waals surface area contributed by atoms with Gasteiger partial charge in [0.2, 0.25) is 0 Å². The number of fused-ring (bicyclic) bond motifs is 1. The first-order valence-electron chi connectivity index (χ1n) is 8.07. The highest BCUT2D eigenvalue weighted by molar-refractivity contribution is 8.18. The molecule has 132 valence electrons. The number of anilines is 1. The van der Waals surface area contributed by atoms with E-state index in [4.69, 9.17) is 11.6 Å². The highest BCUT2D eigenvalue weighted by Gasteiger charge is 2.31. The SMILES string of the molecule is CN=C1S/C(=C/c2cc3c(cc2Cl)N(C)C(C)(C)C=C3C)C(=O)N1C. The largest absolute Gasteiger partial charge is 0.365 e. The van der Waals surface area contributed by atoms with E-state index in [0.717, 1.165) is 16.8 Å². The Balaban J connectivity index is 2.08. The number of amidine groups is 1. The molecule has 0 spiro atoms. The van der Waals surface area contributed by atoms with E-state index in [9.17, 15) is 4.79 Å². The van der Waals surface area contributed by atoms with E-state index in [1.165, 1.54) is 17.3 Å². The molecule has 0 radical (unpaired) electrons. The minimum Gasteiger partial charge on any atom is -0.365 e. The van der Waals surface area contributed by atoms with Gasteiger partial charge in [-0.1, -0.05) is 17.7 Å². The topological polar surface area (TPSA) is 35.9 Å². The number of amides is 1. The van der Waals surface area contributed by atoms with Crippen molar-refractivity contribution in [2.45, 2.75) is 26.3 Å². The van der Waals surface area contributed by atoms with Crippen LogP contribution in [0.15, 0.2) is 28.1 Å². The molecule has 1 aromatic rings. The lowest BCUT2D eigenvalue weighted by molar-refractivity contribution is -0.121. The molecule has 1 fully saturated rings. The number of allylic oxidation sites excluding steroid dienone is 1. The third kappa shape index (κ3) is 3.00.